The fourth-order valence-electron chi connectivity index (χ4n) is 1.96. The Labute approximate surface area is 73.5 Å². The number of thioether (sulfide) groups is 1. The standard InChI is InChI=1S/C9H16NS/c1-2-6-10(5-1)9-4-3-7-11-8-9/h8-9H,1-7H2. The Balaban J connectivity index is 1.82. The van der Waals surface area contributed by atoms with Gasteiger partial charge < -0.3 is 0 Å². The van der Waals surface area contributed by atoms with E-state index < -0.39 is 0 Å². The molecule has 0 saturated carbocycles. The van der Waals surface area contributed by atoms with Gasteiger partial charge >= 0.3 is 0 Å². The molecule has 2 fully saturated rings. The Hall–Kier alpha value is 0.310. The van der Waals surface area contributed by atoms with Crippen LogP contribution >= 0.6 is 11.8 Å². The molecular formula is C9H16NS. The highest BCUT2D eigenvalue weighted by atomic mass is 32.2. The summed E-state index contributed by atoms with van der Waals surface area (Å²) < 4.78 is 0. The lowest BCUT2D eigenvalue weighted by atomic mass is 10.1. The number of hydrogen-bond acceptors (Lipinski definition) is 2. The highest BCUT2D eigenvalue weighted by molar-refractivity contribution is 8.01. The van der Waals surface area contributed by atoms with E-state index in [0.29, 0.717) is 0 Å². The average Bonchev–Trinajstić information content (AvgIpc) is 2.58. The van der Waals surface area contributed by atoms with Crippen LogP contribution in [-0.2, 0) is 0 Å². The van der Waals surface area contributed by atoms with E-state index in [9.17, 15) is 0 Å². The van der Waals surface area contributed by atoms with Crippen molar-refractivity contribution >= 4 is 11.8 Å². The molecule has 2 aliphatic rings. The van der Waals surface area contributed by atoms with Gasteiger partial charge in [0.1, 0.15) is 0 Å². The normalized spacial score (nSPS) is 34.4. The van der Waals surface area contributed by atoms with Crippen molar-refractivity contribution in [3.63, 3.8) is 0 Å². The first kappa shape index (κ1) is 7.93. The third-order valence-electron chi connectivity index (χ3n) is 2.63. The van der Waals surface area contributed by atoms with Gasteiger partial charge in [-0.1, -0.05) is 0 Å². The van der Waals surface area contributed by atoms with Crippen LogP contribution in [0.5, 0.6) is 0 Å². The van der Waals surface area contributed by atoms with Crippen LogP contribution < -0.4 is 0 Å². The molecule has 1 radical (unpaired) electrons. The van der Waals surface area contributed by atoms with Gasteiger partial charge in [0.15, 0.2) is 0 Å². The summed E-state index contributed by atoms with van der Waals surface area (Å²) in [6.07, 6.45) is 5.68. The molecule has 2 saturated heterocycles. The van der Waals surface area contributed by atoms with Crippen LogP contribution in [0.4, 0.5) is 0 Å². The summed E-state index contributed by atoms with van der Waals surface area (Å²) in [4.78, 5) is 2.64. The first-order valence-electron chi connectivity index (χ1n) is 4.66. The Bertz CT molecular complexity index is 115. The van der Waals surface area contributed by atoms with Crippen LogP contribution in [0.1, 0.15) is 25.7 Å². The minimum Gasteiger partial charge on any atom is -0.299 e. The number of rotatable bonds is 1. The fraction of sp³-hybridized carbons (Fsp3) is 0.889. The lowest BCUT2D eigenvalue weighted by Gasteiger charge is -2.29. The van der Waals surface area contributed by atoms with Crippen LogP contribution in [0.15, 0.2) is 0 Å². The summed E-state index contributed by atoms with van der Waals surface area (Å²) in [6, 6.07) is 0.816. The molecule has 0 aromatic rings. The molecule has 0 aromatic carbocycles. The van der Waals surface area contributed by atoms with E-state index in [1.807, 2.05) is 11.8 Å². The molecule has 1 nitrogen and oxygen atoms in total. The fourth-order valence-corrected chi connectivity index (χ4v) is 2.96. The first-order valence-corrected chi connectivity index (χ1v) is 5.71. The molecule has 2 aliphatic heterocycles. The molecule has 0 amide bonds. The molecule has 2 heteroatoms. The van der Waals surface area contributed by atoms with E-state index in [0.717, 1.165) is 6.04 Å². The zero-order valence-electron chi connectivity index (χ0n) is 6.96. The molecule has 0 bridgehead atoms. The zero-order chi connectivity index (χ0) is 7.52. The van der Waals surface area contributed by atoms with Gasteiger partial charge in [0.05, 0.1) is 0 Å². The predicted octanol–water partition coefficient (Wildman–Crippen LogP) is 2.14. The van der Waals surface area contributed by atoms with Gasteiger partial charge in [0.2, 0.25) is 0 Å². The highest BCUT2D eigenvalue weighted by Crippen LogP contribution is 2.27. The Morgan fingerprint density at radius 2 is 2.00 bits per heavy atom. The average molecular weight is 170 g/mol. The molecule has 1 atom stereocenters. The van der Waals surface area contributed by atoms with Gasteiger partial charge in [-0.2, -0.15) is 11.8 Å². The second-order valence-electron chi connectivity index (χ2n) is 3.46. The summed E-state index contributed by atoms with van der Waals surface area (Å²) >= 11 is 2.02. The molecule has 0 aromatic heterocycles. The zero-order valence-corrected chi connectivity index (χ0v) is 7.78. The van der Waals surface area contributed by atoms with Gasteiger partial charge in [-0.15, -0.1) is 0 Å². The van der Waals surface area contributed by atoms with Gasteiger partial charge in [-0.25, -0.2) is 0 Å². The van der Waals surface area contributed by atoms with E-state index in [1.54, 1.807) is 0 Å². The number of nitrogens with zero attached hydrogens (tertiary/aromatic N) is 1. The SMILES string of the molecule is [CH]1SCCCC1N1CCCC1. The van der Waals surface area contributed by atoms with Gasteiger partial charge in [-0.05, 0) is 44.5 Å². The molecule has 0 N–H and O–H groups in total. The van der Waals surface area contributed by atoms with Crippen molar-refractivity contribution in [2.45, 2.75) is 31.7 Å². The van der Waals surface area contributed by atoms with Crippen molar-refractivity contribution < 1.29 is 0 Å². The number of likely N-dealkylation sites (tertiary alicyclic amines) is 1. The number of hydrogen-bond donors (Lipinski definition) is 0. The van der Waals surface area contributed by atoms with Crippen LogP contribution in [0.25, 0.3) is 0 Å². The largest absolute Gasteiger partial charge is 0.299 e. The summed E-state index contributed by atoms with van der Waals surface area (Å²) in [5.41, 5.74) is 0. The van der Waals surface area contributed by atoms with E-state index in [4.69, 9.17) is 0 Å². The Kier molecular flexibility index (Phi) is 2.75. The lowest BCUT2D eigenvalue weighted by molar-refractivity contribution is 0.263. The second-order valence-corrected chi connectivity index (χ2v) is 4.47. The van der Waals surface area contributed by atoms with Crippen LogP contribution in [0.2, 0.25) is 0 Å². The van der Waals surface area contributed by atoms with Crippen molar-refractivity contribution in [2.75, 3.05) is 18.8 Å². The minimum absolute atomic E-state index is 0.816. The summed E-state index contributed by atoms with van der Waals surface area (Å²) in [5, 5.41) is 0. The van der Waals surface area contributed by atoms with Gasteiger partial charge in [0, 0.05) is 11.8 Å². The predicted molar refractivity (Wildman–Crippen MR) is 50.6 cm³/mol. The van der Waals surface area contributed by atoms with Crippen molar-refractivity contribution in [3.05, 3.63) is 5.75 Å². The van der Waals surface area contributed by atoms with E-state index in [-0.39, 0.29) is 0 Å². The van der Waals surface area contributed by atoms with Crippen molar-refractivity contribution in [1.82, 2.24) is 4.90 Å². The molecule has 2 rings (SSSR count). The third kappa shape index (κ3) is 1.91. The monoisotopic (exact) mass is 170 g/mol. The Morgan fingerprint density at radius 3 is 2.64 bits per heavy atom. The smallest absolute Gasteiger partial charge is 0.0337 e. The second kappa shape index (κ2) is 3.81. The summed E-state index contributed by atoms with van der Waals surface area (Å²) in [5.74, 6) is 3.80. The molecule has 0 aliphatic carbocycles. The van der Waals surface area contributed by atoms with Crippen molar-refractivity contribution in [2.24, 2.45) is 0 Å². The first-order chi connectivity index (χ1) is 5.47. The van der Waals surface area contributed by atoms with Gasteiger partial charge in [-0.3, -0.25) is 4.90 Å². The maximum atomic E-state index is 2.64. The van der Waals surface area contributed by atoms with Gasteiger partial charge in [0.25, 0.3) is 0 Å². The lowest BCUT2D eigenvalue weighted by Crippen LogP contribution is -2.34. The van der Waals surface area contributed by atoms with Crippen LogP contribution in [0, 0.1) is 5.75 Å². The van der Waals surface area contributed by atoms with E-state index in [1.165, 1.54) is 44.5 Å². The third-order valence-corrected chi connectivity index (χ3v) is 3.66. The topological polar surface area (TPSA) is 3.24 Å². The van der Waals surface area contributed by atoms with Crippen LogP contribution in [-0.4, -0.2) is 29.8 Å². The maximum Gasteiger partial charge on any atom is 0.0337 e. The maximum absolute atomic E-state index is 2.64. The molecule has 11 heavy (non-hydrogen) atoms. The van der Waals surface area contributed by atoms with Crippen molar-refractivity contribution in [1.29, 1.82) is 0 Å². The molecule has 1 unspecified atom stereocenters. The summed E-state index contributed by atoms with van der Waals surface area (Å²) in [6.45, 7) is 2.70. The minimum atomic E-state index is 0.816. The molecule has 2 heterocycles. The molecule has 0 spiro atoms. The molecule has 63 valence electrons. The van der Waals surface area contributed by atoms with E-state index in [2.05, 4.69) is 10.7 Å². The van der Waals surface area contributed by atoms with E-state index >= 15 is 0 Å². The molecular weight excluding hydrogens is 154 g/mol. The highest BCUT2D eigenvalue weighted by Gasteiger charge is 2.23. The quantitative estimate of drug-likeness (QED) is 0.593. The summed E-state index contributed by atoms with van der Waals surface area (Å²) in [7, 11) is 0. The Morgan fingerprint density at radius 1 is 1.18 bits per heavy atom. The van der Waals surface area contributed by atoms with Crippen molar-refractivity contribution in [3.8, 4) is 0 Å². The van der Waals surface area contributed by atoms with Crippen LogP contribution in [0.3, 0.4) is 0 Å².